The molecule has 0 spiro atoms. The molecule has 1 fully saturated rings. The van der Waals surface area contributed by atoms with Gasteiger partial charge in [0.2, 0.25) is 5.91 Å². The molecule has 2 aliphatic heterocycles. The van der Waals surface area contributed by atoms with E-state index in [4.69, 9.17) is 0 Å². The first-order chi connectivity index (χ1) is 15.5. The third-order valence-corrected chi connectivity index (χ3v) is 7.30. The van der Waals surface area contributed by atoms with Crippen molar-refractivity contribution < 1.29 is 13.2 Å². The fourth-order valence-corrected chi connectivity index (χ4v) is 5.62. The van der Waals surface area contributed by atoms with Crippen LogP contribution in [-0.2, 0) is 14.8 Å². The second kappa shape index (κ2) is 8.24. The molecule has 1 atom stereocenters. The van der Waals surface area contributed by atoms with E-state index in [2.05, 4.69) is 9.71 Å². The van der Waals surface area contributed by atoms with Gasteiger partial charge >= 0.3 is 0 Å². The molecule has 2 aliphatic rings. The molecule has 1 amide bonds. The minimum Gasteiger partial charge on any atom is -0.355 e. The lowest BCUT2D eigenvalue weighted by Crippen LogP contribution is -2.43. The minimum atomic E-state index is -3.68. The first kappa shape index (κ1) is 20.5. The predicted octanol–water partition coefficient (Wildman–Crippen LogP) is 4.15. The molecule has 0 radical (unpaired) electrons. The molecule has 6 nitrogen and oxygen atoms in total. The number of likely N-dealkylation sites (tertiary alicyclic amines) is 1. The number of sulfonamides is 1. The monoisotopic (exact) mass is 445 g/mol. The number of anilines is 1. The van der Waals surface area contributed by atoms with Crippen LogP contribution in [0.4, 0.5) is 5.69 Å². The van der Waals surface area contributed by atoms with Crippen molar-refractivity contribution in [1.29, 1.82) is 0 Å². The summed E-state index contributed by atoms with van der Waals surface area (Å²) in [5.41, 5.74) is 3.39. The molecule has 0 bridgehead atoms. The molecule has 1 unspecified atom stereocenters. The minimum absolute atomic E-state index is 0.0622. The van der Waals surface area contributed by atoms with E-state index in [1.807, 2.05) is 65.6 Å². The molecule has 7 heteroatoms. The van der Waals surface area contributed by atoms with Crippen molar-refractivity contribution in [2.24, 2.45) is 10.3 Å². The lowest BCUT2D eigenvalue weighted by molar-refractivity contribution is -0.121. The number of piperidine rings is 1. The van der Waals surface area contributed by atoms with E-state index in [-0.39, 0.29) is 16.7 Å². The van der Waals surface area contributed by atoms with Crippen molar-refractivity contribution in [3.63, 3.8) is 0 Å². The van der Waals surface area contributed by atoms with Gasteiger partial charge in [0.25, 0.3) is 10.0 Å². The summed E-state index contributed by atoms with van der Waals surface area (Å²) in [6, 6.07) is 24.6. The maximum Gasteiger partial charge on any atom is 0.285 e. The summed E-state index contributed by atoms with van der Waals surface area (Å²) in [6.07, 6.45) is 1.54. The topological polar surface area (TPSA) is 78.8 Å². The van der Waals surface area contributed by atoms with Gasteiger partial charge in [0.15, 0.2) is 5.84 Å². The maximum atomic E-state index is 13.2. The van der Waals surface area contributed by atoms with Gasteiger partial charge in [0.1, 0.15) is 4.90 Å². The summed E-state index contributed by atoms with van der Waals surface area (Å²) in [7, 11) is -3.68. The molecule has 3 aromatic rings. The number of nitrogens with zero attached hydrogens (tertiary/aromatic N) is 2. The zero-order valence-electron chi connectivity index (χ0n) is 17.4. The van der Waals surface area contributed by atoms with Crippen molar-refractivity contribution in [3.8, 4) is 11.1 Å². The lowest BCUT2D eigenvalue weighted by Gasteiger charge is -2.33. The van der Waals surface area contributed by atoms with Gasteiger partial charge in [0, 0.05) is 29.9 Å². The van der Waals surface area contributed by atoms with Crippen LogP contribution in [0.2, 0.25) is 0 Å². The average molecular weight is 446 g/mol. The Morgan fingerprint density at radius 2 is 1.59 bits per heavy atom. The fraction of sp³-hybridized carbons (Fsp3) is 0.200. The van der Waals surface area contributed by atoms with Crippen molar-refractivity contribution in [2.75, 3.05) is 18.4 Å². The summed E-state index contributed by atoms with van der Waals surface area (Å²) in [4.78, 5) is 15.4. The number of nitrogens with one attached hydrogen (secondary N) is 1. The van der Waals surface area contributed by atoms with Gasteiger partial charge in [-0.2, -0.15) is 8.42 Å². The Morgan fingerprint density at radius 3 is 2.41 bits per heavy atom. The molecule has 0 aliphatic carbocycles. The Kier molecular flexibility index (Phi) is 5.27. The van der Waals surface area contributed by atoms with Gasteiger partial charge in [0.05, 0.1) is 5.92 Å². The Morgan fingerprint density at radius 1 is 0.906 bits per heavy atom. The van der Waals surface area contributed by atoms with Crippen LogP contribution in [0.25, 0.3) is 11.1 Å². The molecule has 5 rings (SSSR count). The summed E-state index contributed by atoms with van der Waals surface area (Å²) >= 11 is 0. The highest BCUT2D eigenvalue weighted by molar-refractivity contribution is 7.90. The first-order valence-electron chi connectivity index (χ1n) is 10.7. The Hall–Kier alpha value is -3.45. The molecule has 1 saturated heterocycles. The number of amides is 1. The number of hydrogen-bond donors (Lipinski definition) is 1. The largest absolute Gasteiger partial charge is 0.355 e. The first-order valence-corrected chi connectivity index (χ1v) is 12.1. The number of para-hydroxylation sites is 1. The Labute approximate surface area is 187 Å². The lowest BCUT2D eigenvalue weighted by atomic mass is 9.95. The number of rotatable bonds is 3. The van der Waals surface area contributed by atoms with Crippen LogP contribution < -0.4 is 5.32 Å². The highest BCUT2D eigenvalue weighted by atomic mass is 32.2. The summed E-state index contributed by atoms with van der Waals surface area (Å²) < 4.78 is 28.9. The molecule has 32 heavy (non-hydrogen) atoms. The van der Waals surface area contributed by atoms with Crippen LogP contribution >= 0.6 is 0 Å². The average Bonchev–Trinajstić information content (AvgIpc) is 3.11. The molecule has 1 N–H and O–H groups in total. The van der Waals surface area contributed by atoms with Gasteiger partial charge in [-0.3, -0.25) is 4.79 Å². The highest BCUT2D eigenvalue weighted by Gasteiger charge is 2.35. The zero-order chi connectivity index (χ0) is 22.1. The van der Waals surface area contributed by atoms with Gasteiger partial charge in [-0.05, 0) is 36.6 Å². The van der Waals surface area contributed by atoms with E-state index in [0.717, 1.165) is 29.7 Å². The Bertz CT molecular complexity index is 1300. The SMILES string of the molecule is O=C(Nc1ccccc1-c1ccccc1)C1CCCN(C2=NS(=O)(=O)c3ccccc32)C1. The number of carbonyl (C=O) groups is 1. The molecular weight excluding hydrogens is 422 g/mol. The molecule has 0 aromatic heterocycles. The van der Waals surface area contributed by atoms with Crippen LogP contribution in [-0.4, -0.2) is 38.2 Å². The van der Waals surface area contributed by atoms with Crippen LogP contribution in [0.5, 0.6) is 0 Å². The van der Waals surface area contributed by atoms with E-state index in [0.29, 0.717) is 24.5 Å². The molecule has 2 heterocycles. The Balaban J connectivity index is 1.36. The second-order valence-electron chi connectivity index (χ2n) is 8.07. The second-order valence-corrected chi connectivity index (χ2v) is 9.64. The molecule has 162 valence electrons. The smallest absolute Gasteiger partial charge is 0.285 e. The number of hydrogen-bond acceptors (Lipinski definition) is 4. The third-order valence-electron chi connectivity index (χ3n) is 5.97. The van der Waals surface area contributed by atoms with E-state index in [1.165, 1.54) is 0 Å². The maximum absolute atomic E-state index is 13.2. The van der Waals surface area contributed by atoms with E-state index in [9.17, 15) is 13.2 Å². The zero-order valence-corrected chi connectivity index (χ0v) is 18.3. The van der Waals surface area contributed by atoms with Crippen molar-refractivity contribution >= 4 is 27.5 Å². The summed E-state index contributed by atoms with van der Waals surface area (Å²) in [6.45, 7) is 1.11. The van der Waals surface area contributed by atoms with Crippen LogP contribution in [0.15, 0.2) is 88.2 Å². The summed E-state index contributed by atoms with van der Waals surface area (Å²) in [5.74, 6) is 0.126. The van der Waals surface area contributed by atoms with E-state index in [1.54, 1.807) is 18.2 Å². The molecule has 3 aromatic carbocycles. The van der Waals surface area contributed by atoms with Crippen molar-refractivity contribution in [3.05, 3.63) is 84.4 Å². The van der Waals surface area contributed by atoms with Gasteiger partial charge in [-0.1, -0.05) is 60.7 Å². The highest BCUT2D eigenvalue weighted by Crippen LogP contribution is 2.31. The number of amidine groups is 1. The van der Waals surface area contributed by atoms with Gasteiger partial charge < -0.3 is 10.2 Å². The van der Waals surface area contributed by atoms with Crippen LogP contribution in [0, 0.1) is 5.92 Å². The molecular formula is C25H23N3O3S. The third kappa shape index (κ3) is 3.80. The predicted molar refractivity (Wildman–Crippen MR) is 125 cm³/mol. The van der Waals surface area contributed by atoms with Gasteiger partial charge in [-0.15, -0.1) is 4.40 Å². The quantitative estimate of drug-likeness (QED) is 0.657. The number of carbonyl (C=O) groups excluding carboxylic acids is 1. The van der Waals surface area contributed by atoms with Crippen molar-refractivity contribution in [2.45, 2.75) is 17.7 Å². The van der Waals surface area contributed by atoms with Gasteiger partial charge in [-0.25, -0.2) is 0 Å². The normalized spacial score (nSPS) is 19.2. The molecule has 0 saturated carbocycles. The van der Waals surface area contributed by atoms with Crippen molar-refractivity contribution in [1.82, 2.24) is 4.90 Å². The van der Waals surface area contributed by atoms with Crippen LogP contribution in [0.3, 0.4) is 0 Å². The number of benzene rings is 3. The van der Waals surface area contributed by atoms with E-state index < -0.39 is 10.0 Å². The summed E-state index contributed by atoms with van der Waals surface area (Å²) in [5, 5.41) is 3.10. The number of fused-ring (bicyclic) bond motifs is 1. The fourth-order valence-electron chi connectivity index (χ4n) is 4.40. The van der Waals surface area contributed by atoms with Crippen LogP contribution in [0.1, 0.15) is 18.4 Å². The van der Waals surface area contributed by atoms with E-state index >= 15 is 0 Å². The standard InChI is InChI=1S/C25H23N3O3S/c29-25(26-22-14-6-4-12-20(22)18-9-2-1-3-10-18)19-11-8-16-28(17-19)24-21-13-5-7-15-23(21)32(30,31)27-24/h1-7,9-10,12-15,19H,8,11,16-17H2,(H,26,29).